The van der Waals surface area contributed by atoms with Crippen molar-refractivity contribution in [3.05, 3.63) is 21.9 Å². The van der Waals surface area contributed by atoms with Gasteiger partial charge in [-0.05, 0) is 0 Å². The third kappa shape index (κ3) is 2.96. The zero-order valence-corrected chi connectivity index (χ0v) is 12.4. The zero-order chi connectivity index (χ0) is 15.6. The molecule has 0 unspecified atom stereocenters. The molecule has 0 radical (unpaired) electrons. The minimum Gasteiger partial charge on any atom is -0.293 e. The Morgan fingerprint density at radius 1 is 0.950 bits per heavy atom. The lowest BCUT2D eigenvalue weighted by molar-refractivity contribution is -0.109. The lowest BCUT2D eigenvalue weighted by atomic mass is 10.2. The average molecular weight is 298 g/mol. The Balaban J connectivity index is 3.67. The van der Waals surface area contributed by atoms with E-state index in [4.69, 9.17) is 0 Å². The molecule has 8 heteroatoms. The second-order valence-electron chi connectivity index (χ2n) is 4.12. The molecular formula is C12H14N2O5S. The van der Waals surface area contributed by atoms with E-state index in [0.29, 0.717) is 4.57 Å². The predicted molar refractivity (Wildman–Crippen MR) is 73.3 cm³/mol. The van der Waals surface area contributed by atoms with Gasteiger partial charge in [0.25, 0.3) is 0 Å². The molecule has 0 N–H and O–H groups in total. The van der Waals surface area contributed by atoms with Gasteiger partial charge in [0.15, 0.2) is 10.9 Å². The number of ketones is 1. The Bertz CT molecular complexity index is 668. The fraction of sp³-hybridized carbons (Fsp3) is 0.417. The quantitative estimate of drug-likeness (QED) is 0.771. The van der Waals surface area contributed by atoms with Gasteiger partial charge >= 0.3 is 5.69 Å². The van der Waals surface area contributed by atoms with Crippen LogP contribution >= 0.6 is 11.8 Å². The van der Waals surface area contributed by atoms with Crippen LogP contribution in [0.15, 0.2) is 4.79 Å². The van der Waals surface area contributed by atoms with Crippen molar-refractivity contribution < 1.29 is 19.2 Å². The summed E-state index contributed by atoms with van der Waals surface area (Å²) < 4.78 is 1.42. The Hall–Kier alpha value is -1.96. The van der Waals surface area contributed by atoms with E-state index in [0.717, 1.165) is 30.2 Å². The van der Waals surface area contributed by atoms with Crippen molar-refractivity contribution in [1.29, 1.82) is 0 Å². The van der Waals surface area contributed by atoms with Crippen LogP contribution < -0.4 is 5.69 Å². The summed E-state index contributed by atoms with van der Waals surface area (Å²) in [6, 6.07) is 0. The van der Waals surface area contributed by atoms with Crippen molar-refractivity contribution in [3.8, 4) is 0 Å². The fourth-order valence-corrected chi connectivity index (χ4v) is 2.43. The van der Waals surface area contributed by atoms with Gasteiger partial charge in [0.2, 0.25) is 11.8 Å². The monoisotopic (exact) mass is 298 g/mol. The van der Waals surface area contributed by atoms with E-state index >= 15 is 0 Å². The van der Waals surface area contributed by atoms with Crippen LogP contribution in [0.4, 0.5) is 0 Å². The van der Waals surface area contributed by atoms with Gasteiger partial charge in [-0.2, -0.15) is 0 Å². The van der Waals surface area contributed by atoms with E-state index in [1.807, 2.05) is 0 Å². The van der Waals surface area contributed by atoms with Gasteiger partial charge in [0, 0.05) is 33.4 Å². The molecule has 1 rings (SSSR count). The molecule has 0 bridgehead atoms. The fourth-order valence-electron chi connectivity index (χ4n) is 1.83. The summed E-state index contributed by atoms with van der Waals surface area (Å²) >= 11 is 0.854. The summed E-state index contributed by atoms with van der Waals surface area (Å²) in [7, 11) is 0. The van der Waals surface area contributed by atoms with Crippen molar-refractivity contribution in [1.82, 2.24) is 9.13 Å². The number of hydrogen-bond acceptors (Lipinski definition) is 6. The molecule has 0 aliphatic heterocycles. The Morgan fingerprint density at radius 3 is 1.80 bits per heavy atom. The highest BCUT2D eigenvalue weighted by Crippen LogP contribution is 2.17. The van der Waals surface area contributed by atoms with E-state index in [1.165, 1.54) is 13.8 Å². The maximum Gasteiger partial charge on any atom is 0.342 e. The third-order valence-corrected chi connectivity index (χ3v) is 3.35. The third-order valence-electron chi connectivity index (χ3n) is 2.52. The van der Waals surface area contributed by atoms with Gasteiger partial charge in [-0.25, -0.2) is 13.9 Å². The molecule has 0 atom stereocenters. The Kier molecular flexibility index (Phi) is 4.83. The number of aromatic nitrogens is 2. The lowest BCUT2D eigenvalue weighted by Crippen LogP contribution is -2.31. The van der Waals surface area contributed by atoms with Crippen LogP contribution in [0.1, 0.15) is 53.5 Å². The number of nitrogens with zero attached hydrogens (tertiary/aromatic N) is 2. The molecule has 0 fully saturated rings. The van der Waals surface area contributed by atoms with Crippen LogP contribution in [-0.4, -0.2) is 31.8 Å². The molecule has 7 nitrogen and oxygen atoms in total. The largest absolute Gasteiger partial charge is 0.342 e. The minimum atomic E-state index is -0.880. The van der Waals surface area contributed by atoms with Gasteiger partial charge in [-0.3, -0.25) is 19.2 Å². The number of carbonyl (C=O) groups excluding carboxylic acids is 4. The van der Waals surface area contributed by atoms with Crippen LogP contribution in [0.25, 0.3) is 0 Å². The highest BCUT2D eigenvalue weighted by atomic mass is 32.2. The number of thioether (sulfide) groups is 1. The normalized spacial score (nSPS) is 10.4. The number of Topliss-reactive ketones (excluding diaryl/α,β-unsaturated/α-hetero) is 1. The van der Waals surface area contributed by atoms with E-state index in [-0.39, 0.29) is 22.3 Å². The van der Waals surface area contributed by atoms with E-state index in [9.17, 15) is 24.0 Å². The maximum atomic E-state index is 12.1. The number of hydrogen-bond donors (Lipinski definition) is 0. The van der Waals surface area contributed by atoms with Gasteiger partial charge in [-0.15, -0.1) is 0 Å². The van der Waals surface area contributed by atoms with Crippen LogP contribution in [0.5, 0.6) is 0 Å². The van der Waals surface area contributed by atoms with Gasteiger partial charge in [0.1, 0.15) is 5.69 Å². The average Bonchev–Trinajstić information content (AvgIpc) is 2.59. The summed E-state index contributed by atoms with van der Waals surface area (Å²) in [5.74, 6) is -1.82. The molecule has 1 aromatic rings. The van der Waals surface area contributed by atoms with Crippen LogP contribution in [-0.2, 0) is 10.5 Å². The summed E-state index contributed by atoms with van der Waals surface area (Å²) in [5.41, 5.74) is -0.953. The second kappa shape index (κ2) is 6.00. The molecule has 0 spiro atoms. The van der Waals surface area contributed by atoms with Crippen LogP contribution in [0.3, 0.4) is 0 Å². The summed E-state index contributed by atoms with van der Waals surface area (Å²) in [5, 5.41) is -0.224. The van der Waals surface area contributed by atoms with Crippen molar-refractivity contribution in [2.75, 3.05) is 0 Å². The van der Waals surface area contributed by atoms with E-state index < -0.39 is 23.3 Å². The highest BCUT2D eigenvalue weighted by Gasteiger charge is 2.26. The second-order valence-corrected chi connectivity index (χ2v) is 5.28. The molecule has 0 amide bonds. The Morgan fingerprint density at radius 2 is 1.45 bits per heavy atom. The van der Waals surface area contributed by atoms with Crippen molar-refractivity contribution in [2.45, 2.75) is 33.4 Å². The first kappa shape index (κ1) is 16.1. The maximum absolute atomic E-state index is 12.1. The molecular weight excluding hydrogens is 284 g/mol. The summed E-state index contributed by atoms with van der Waals surface area (Å²) in [6.45, 7) is 4.80. The minimum absolute atomic E-state index is 0.0284. The molecule has 0 saturated carbocycles. The number of carbonyl (C=O) groups is 4. The standard InChI is InChI=1S/C12H14N2O5S/c1-6(15)11-10(5-20-9(4)18)13(7(2)16)12(19)14(11)8(3)17/h5H2,1-4H3. The first-order valence-electron chi connectivity index (χ1n) is 5.71. The Labute approximate surface area is 118 Å². The summed E-state index contributed by atoms with van der Waals surface area (Å²) in [4.78, 5) is 57.9. The molecule has 0 aliphatic rings. The zero-order valence-electron chi connectivity index (χ0n) is 11.6. The first-order chi connectivity index (χ1) is 9.18. The molecule has 1 aromatic heterocycles. The number of rotatable bonds is 3. The molecule has 1 heterocycles. The molecule has 108 valence electrons. The molecule has 0 aliphatic carbocycles. The van der Waals surface area contributed by atoms with E-state index in [2.05, 4.69) is 0 Å². The van der Waals surface area contributed by atoms with E-state index in [1.54, 1.807) is 0 Å². The molecule has 20 heavy (non-hydrogen) atoms. The number of imidazole rings is 1. The predicted octanol–water partition coefficient (Wildman–Crippen LogP) is 0.952. The topological polar surface area (TPSA) is 95.2 Å². The van der Waals surface area contributed by atoms with Gasteiger partial charge < -0.3 is 0 Å². The van der Waals surface area contributed by atoms with Gasteiger partial charge in [0.05, 0.1) is 5.69 Å². The smallest absolute Gasteiger partial charge is 0.293 e. The van der Waals surface area contributed by atoms with Crippen molar-refractivity contribution in [2.24, 2.45) is 0 Å². The SMILES string of the molecule is CC(=O)SCc1c(C(C)=O)n(C(C)=O)c(=O)n1C(C)=O. The first-order valence-corrected chi connectivity index (χ1v) is 6.69. The van der Waals surface area contributed by atoms with Crippen LogP contribution in [0, 0.1) is 0 Å². The lowest BCUT2D eigenvalue weighted by Gasteiger charge is -2.04. The molecule has 0 aromatic carbocycles. The van der Waals surface area contributed by atoms with Crippen LogP contribution in [0.2, 0.25) is 0 Å². The van der Waals surface area contributed by atoms with Gasteiger partial charge in [-0.1, -0.05) is 11.8 Å². The van der Waals surface area contributed by atoms with Crippen molar-refractivity contribution >= 4 is 34.5 Å². The highest BCUT2D eigenvalue weighted by molar-refractivity contribution is 8.12. The molecule has 0 saturated heterocycles. The summed E-state index contributed by atoms with van der Waals surface area (Å²) in [6.07, 6.45) is 0. The van der Waals surface area contributed by atoms with Crippen molar-refractivity contribution in [3.63, 3.8) is 0 Å².